The topological polar surface area (TPSA) is 97.5 Å². The lowest BCUT2D eigenvalue weighted by atomic mass is 10.1. The van der Waals surface area contributed by atoms with E-state index in [9.17, 15) is 18.0 Å². The van der Waals surface area contributed by atoms with Crippen LogP contribution in [-0.2, 0) is 14.8 Å². The SMILES string of the molecule is CC(=O)c1ccccc1N1CC(S(N)(=O)=O)CC1=O. The highest BCUT2D eigenvalue weighted by Gasteiger charge is 2.38. The van der Waals surface area contributed by atoms with Gasteiger partial charge in [-0.1, -0.05) is 12.1 Å². The van der Waals surface area contributed by atoms with Crippen molar-refractivity contribution in [1.82, 2.24) is 0 Å². The molecule has 1 aliphatic rings. The van der Waals surface area contributed by atoms with Crippen LogP contribution in [-0.4, -0.2) is 31.9 Å². The number of primary sulfonamides is 1. The summed E-state index contributed by atoms with van der Waals surface area (Å²) in [6.45, 7) is 1.39. The second-order valence-electron chi connectivity index (χ2n) is 4.49. The second-order valence-corrected chi connectivity index (χ2v) is 6.34. The van der Waals surface area contributed by atoms with Crippen LogP contribution >= 0.6 is 0 Å². The second kappa shape index (κ2) is 4.75. The van der Waals surface area contributed by atoms with E-state index in [0.29, 0.717) is 11.3 Å². The van der Waals surface area contributed by atoms with E-state index in [1.165, 1.54) is 11.8 Å². The summed E-state index contributed by atoms with van der Waals surface area (Å²) in [5, 5.41) is 4.15. The molecule has 1 aromatic rings. The molecule has 7 heteroatoms. The number of carbonyl (C=O) groups is 2. The van der Waals surface area contributed by atoms with E-state index in [1.54, 1.807) is 24.3 Å². The van der Waals surface area contributed by atoms with Crippen molar-refractivity contribution < 1.29 is 18.0 Å². The highest BCUT2D eigenvalue weighted by Crippen LogP contribution is 2.27. The number of hydrogen-bond donors (Lipinski definition) is 1. The van der Waals surface area contributed by atoms with Crippen molar-refractivity contribution in [1.29, 1.82) is 0 Å². The highest BCUT2D eigenvalue weighted by molar-refractivity contribution is 7.89. The summed E-state index contributed by atoms with van der Waals surface area (Å²) >= 11 is 0. The Balaban J connectivity index is 2.39. The summed E-state index contributed by atoms with van der Waals surface area (Å²) in [5.41, 5.74) is 0.831. The maximum Gasteiger partial charge on any atom is 0.228 e. The standard InChI is InChI=1S/C12H14N2O4S/c1-8(15)10-4-2-3-5-11(10)14-7-9(6-12(14)16)19(13,17)18/h2-5,9H,6-7H2,1H3,(H2,13,17,18). The first kappa shape index (κ1) is 13.7. The predicted octanol–water partition coefficient (Wildman–Crippen LogP) is 0.283. The number of Topliss-reactive ketones (excluding diaryl/α,β-unsaturated/α-hetero) is 1. The number of nitrogens with two attached hydrogens (primary N) is 1. The first-order valence-corrected chi connectivity index (χ1v) is 7.33. The first-order valence-electron chi connectivity index (χ1n) is 5.72. The van der Waals surface area contributed by atoms with Crippen molar-refractivity contribution in [2.24, 2.45) is 5.14 Å². The number of sulfonamides is 1. The van der Waals surface area contributed by atoms with E-state index in [-0.39, 0.29) is 24.7 Å². The van der Waals surface area contributed by atoms with Crippen LogP contribution in [0.4, 0.5) is 5.69 Å². The number of carbonyl (C=O) groups excluding carboxylic acids is 2. The van der Waals surface area contributed by atoms with Crippen LogP contribution < -0.4 is 10.0 Å². The molecule has 1 unspecified atom stereocenters. The number of amides is 1. The Labute approximate surface area is 111 Å². The maximum absolute atomic E-state index is 11.9. The molecule has 1 saturated heterocycles. The molecule has 102 valence electrons. The lowest BCUT2D eigenvalue weighted by Gasteiger charge is -2.19. The average Bonchev–Trinajstić information content (AvgIpc) is 2.71. The van der Waals surface area contributed by atoms with E-state index in [2.05, 4.69) is 0 Å². The fourth-order valence-corrected chi connectivity index (χ4v) is 2.87. The minimum absolute atomic E-state index is 0.0119. The third kappa shape index (κ3) is 2.66. The van der Waals surface area contributed by atoms with Gasteiger partial charge >= 0.3 is 0 Å². The molecule has 0 aliphatic carbocycles. The Bertz CT molecular complexity index is 639. The molecular formula is C12H14N2O4S. The van der Waals surface area contributed by atoms with E-state index in [1.807, 2.05) is 0 Å². The summed E-state index contributed by atoms with van der Waals surface area (Å²) in [6.07, 6.45) is -0.148. The monoisotopic (exact) mass is 282 g/mol. The van der Waals surface area contributed by atoms with Gasteiger partial charge in [-0.25, -0.2) is 13.6 Å². The zero-order valence-corrected chi connectivity index (χ0v) is 11.2. The number of hydrogen-bond acceptors (Lipinski definition) is 4. The fraction of sp³-hybridized carbons (Fsp3) is 0.333. The molecule has 2 N–H and O–H groups in total. The predicted molar refractivity (Wildman–Crippen MR) is 70.3 cm³/mol. The fourth-order valence-electron chi connectivity index (χ4n) is 2.13. The van der Waals surface area contributed by atoms with Crippen LogP contribution in [0.5, 0.6) is 0 Å². The molecule has 1 amide bonds. The molecular weight excluding hydrogens is 268 g/mol. The van der Waals surface area contributed by atoms with Crippen LogP contribution in [0.3, 0.4) is 0 Å². The normalized spacial score (nSPS) is 19.8. The zero-order valence-electron chi connectivity index (χ0n) is 10.4. The van der Waals surface area contributed by atoms with Gasteiger partial charge in [0, 0.05) is 18.5 Å². The van der Waals surface area contributed by atoms with Crippen molar-refractivity contribution in [3.05, 3.63) is 29.8 Å². The summed E-state index contributed by atoms with van der Waals surface area (Å²) in [5.74, 6) is -0.518. The van der Waals surface area contributed by atoms with Gasteiger partial charge in [-0.05, 0) is 19.1 Å². The largest absolute Gasteiger partial charge is 0.310 e. The lowest BCUT2D eigenvalue weighted by molar-refractivity contribution is -0.117. The number of ketones is 1. The number of nitrogens with zero attached hydrogens (tertiary/aromatic N) is 1. The van der Waals surface area contributed by atoms with Gasteiger partial charge in [0.2, 0.25) is 15.9 Å². The molecule has 1 aromatic carbocycles. The molecule has 2 rings (SSSR count). The smallest absolute Gasteiger partial charge is 0.228 e. The molecule has 1 heterocycles. The van der Waals surface area contributed by atoms with E-state index in [0.717, 1.165) is 0 Å². The van der Waals surface area contributed by atoms with E-state index >= 15 is 0 Å². The minimum Gasteiger partial charge on any atom is -0.310 e. The molecule has 0 radical (unpaired) electrons. The van der Waals surface area contributed by atoms with Gasteiger partial charge in [0.05, 0.1) is 5.69 Å². The number of rotatable bonds is 3. The van der Waals surface area contributed by atoms with E-state index < -0.39 is 15.3 Å². The van der Waals surface area contributed by atoms with Gasteiger partial charge in [-0.3, -0.25) is 9.59 Å². The summed E-state index contributed by atoms with van der Waals surface area (Å²) < 4.78 is 22.6. The van der Waals surface area contributed by atoms with Gasteiger partial charge in [-0.2, -0.15) is 0 Å². The minimum atomic E-state index is -3.76. The van der Waals surface area contributed by atoms with Crippen LogP contribution in [0, 0.1) is 0 Å². The Hall–Kier alpha value is -1.73. The van der Waals surface area contributed by atoms with Crippen molar-refractivity contribution >= 4 is 27.4 Å². The maximum atomic E-state index is 11.9. The first-order chi connectivity index (χ1) is 8.80. The Morgan fingerprint density at radius 1 is 1.37 bits per heavy atom. The third-order valence-corrected chi connectivity index (χ3v) is 4.37. The molecule has 0 saturated carbocycles. The molecule has 1 fully saturated rings. The molecule has 1 atom stereocenters. The zero-order chi connectivity index (χ0) is 14.2. The molecule has 6 nitrogen and oxygen atoms in total. The number of para-hydroxylation sites is 1. The highest BCUT2D eigenvalue weighted by atomic mass is 32.2. The van der Waals surface area contributed by atoms with Gasteiger partial charge < -0.3 is 4.90 Å². The third-order valence-electron chi connectivity index (χ3n) is 3.13. The molecule has 0 spiro atoms. The molecule has 1 aliphatic heterocycles. The van der Waals surface area contributed by atoms with E-state index in [4.69, 9.17) is 5.14 Å². The van der Waals surface area contributed by atoms with Crippen LogP contribution in [0.1, 0.15) is 23.7 Å². The summed E-state index contributed by atoms with van der Waals surface area (Å²) in [4.78, 5) is 24.7. The molecule has 0 bridgehead atoms. The number of benzene rings is 1. The van der Waals surface area contributed by atoms with Crippen LogP contribution in [0.2, 0.25) is 0 Å². The van der Waals surface area contributed by atoms with Gasteiger partial charge in [0.15, 0.2) is 5.78 Å². The van der Waals surface area contributed by atoms with Crippen molar-refractivity contribution in [2.75, 3.05) is 11.4 Å². The van der Waals surface area contributed by atoms with Gasteiger partial charge in [0.1, 0.15) is 5.25 Å². The van der Waals surface area contributed by atoms with Gasteiger partial charge in [0.25, 0.3) is 0 Å². The number of anilines is 1. The lowest BCUT2D eigenvalue weighted by Crippen LogP contribution is -2.32. The summed E-state index contributed by atoms with van der Waals surface area (Å²) in [6, 6.07) is 6.62. The van der Waals surface area contributed by atoms with Crippen molar-refractivity contribution in [2.45, 2.75) is 18.6 Å². The Morgan fingerprint density at radius 2 is 2.00 bits per heavy atom. The molecule has 19 heavy (non-hydrogen) atoms. The van der Waals surface area contributed by atoms with Crippen LogP contribution in [0.15, 0.2) is 24.3 Å². The van der Waals surface area contributed by atoms with Crippen molar-refractivity contribution in [3.63, 3.8) is 0 Å². The summed E-state index contributed by atoms with van der Waals surface area (Å²) in [7, 11) is -3.76. The Kier molecular flexibility index (Phi) is 3.42. The quantitative estimate of drug-likeness (QED) is 0.805. The average molecular weight is 282 g/mol. The van der Waals surface area contributed by atoms with Gasteiger partial charge in [-0.15, -0.1) is 0 Å². The Morgan fingerprint density at radius 3 is 2.53 bits per heavy atom. The van der Waals surface area contributed by atoms with Crippen LogP contribution in [0.25, 0.3) is 0 Å². The molecule has 0 aromatic heterocycles. The van der Waals surface area contributed by atoms with Crippen molar-refractivity contribution in [3.8, 4) is 0 Å².